The van der Waals surface area contributed by atoms with E-state index in [1.165, 1.54) is 52.0 Å². The molecule has 0 radical (unpaired) electrons. The van der Waals surface area contributed by atoms with Gasteiger partial charge in [-0.3, -0.25) is 4.79 Å². The lowest BCUT2D eigenvalue weighted by molar-refractivity contribution is -0.107. The predicted molar refractivity (Wildman–Crippen MR) is 99.2 cm³/mol. The van der Waals surface area contributed by atoms with Crippen molar-refractivity contribution in [2.24, 2.45) is 0 Å². The third-order valence-electron chi connectivity index (χ3n) is 4.24. The number of rotatable bonds is 6. The molecule has 1 amide bonds. The summed E-state index contributed by atoms with van der Waals surface area (Å²) in [5.41, 5.74) is 3.27. The van der Waals surface area contributed by atoms with Crippen molar-refractivity contribution >= 4 is 12.1 Å². The van der Waals surface area contributed by atoms with Crippen LogP contribution in [0.5, 0.6) is 0 Å². The molecule has 1 aliphatic heterocycles. The molecule has 2 rings (SSSR count). The molecule has 1 aliphatic rings. The maximum Gasteiger partial charge on any atom is 0.213 e. The van der Waals surface area contributed by atoms with E-state index in [2.05, 4.69) is 17.1 Å². The van der Waals surface area contributed by atoms with Crippen molar-refractivity contribution < 1.29 is 4.79 Å². The maximum absolute atomic E-state index is 10.5. The van der Waals surface area contributed by atoms with Crippen LogP contribution < -0.4 is 10.2 Å². The van der Waals surface area contributed by atoms with Crippen LogP contribution in [0, 0.1) is 13.8 Å². The number of amides is 1. The average molecular weight is 319 g/mol. The highest BCUT2D eigenvalue weighted by Crippen LogP contribution is 2.21. The van der Waals surface area contributed by atoms with Crippen LogP contribution in [-0.2, 0) is 4.79 Å². The van der Waals surface area contributed by atoms with Gasteiger partial charge >= 0.3 is 0 Å². The molecule has 0 aromatic heterocycles. The fourth-order valence-electron chi connectivity index (χ4n) is 2.93. The summed E-state index contributed by atoms with van der Waals surface area (Å²) in [5.74, 6) is 0. The molecular weight excluding hydrogens is 286 g/mol. The monoisotopic (exact) mass is 319 g/mol. The Morgan fingerprint density at radius 1 is 1.17 bits per heavy atom. The molecule has 1 aromatic rings. The van der Waals surface area contributed by atoms with Crippen LogP contribution in [-0.4, -0.2) is 51.1 Å². The second-order valence-corrected chi connectivity index (χ2v) is 6.26. The summed E-state index contributed by atoms with van der Waals surface area (Å²) in [7, 11) is 1.77. The number of nitrogens with one attached hydrogen (secondary N) is 1. The predicted octanol–water partition coefficient (Wildman–Crippen LogP) is 2.98. The Hall–Kier alpha value is -1.39. The van der Waals surface area contributed by atoms with E-state index in [1.54, 1.807) is 11.9 Å². The summed E-state index contributed by atoms with van der Waals surface area (Å²) >= 11 is 0. The smallest absolute Gasteiger partial charge is 0.213 e. The fourth-order valence-corrected chi connectivity index (χ4v) is 2.93. The molecule has 0 saturated carbocycles. The summed E-state index contributed by atoms with van der Waals surface area (Å²) in [5, 5.41) is 3.36. The Morgan fingerprint density at radius 3 is 2.30 bits per heavy atom. The third kappa shape index (κ3) is 7.14. The van der Waals surface area contributed by atoms with Crippen LogP contribution >= 0.6 is 0 Å². The molecule has 4 heteroatoms. The Bertz CT molecular complexity index is 436. The van der Waals surface area contributed by atoms with Crippen LogP contribution in [0.4, 0.5) is 5.69 Å². The normalized spacial score (nSPS) is 14.8. The standard InChI is InChI=1S/C10H13NO.C9H20N2/c1-8-5-4-6-9(2)10(8)11(3)7-12;1-2-3-4-7-11-8-5-10-6-9-11/h4-7H,1-3H3;10H,2-9H2,1H3. The van der Waals surface area contributed by atoms with Crippen molar-refractivity contribution in [3.63, 3.8) is 0 Å². The van der Waals surface area contributed by atoms with Crippen molar-refractivity contribution in [1.29, 1.82) is 0 Å². The van der Waals surface area contributed by atoms with Gasteiger partial charge in [0.05, 0.1) is 0 Å². The number of hydrogen-bond donors (Lipinski definition) is 1. The van der Waals surface area contributed by atoms with E-state index in [1.807, 2.05) is 32.0 Å². The second kappa shape index (κ2) is 11.2. The molecule has 0 aliphatic carbocycles. The molecule has 0 unspecified atom stereocenters. The van der Waals surface area contributed by atoms with Gasteiger partial charge in [-0.25, -0.2) is 0 Å². The largest absolute Gasteiger partial charge is 0.318 e. The van der Waals surface area contributed by atoms with Gasteiger partial charge in [0.2, 0.25) is 6.41 Å². The van der Waals surface area contributed by atoms with E-state index in [0.717, 1.165) is 23.2 Å². The van der Waals surface area contributed by atoms with Gasteiger partial charge in [0.25, 0.3) is 0 Å². The van der Waals surface area contributed by atoms with Crippen LogP contribution in [0.2, 0.25) is 0 Å². The molecule has 130 valence electrons. The van der Waals surface area contributed by atoms with E-state index in [4.69, 9.17) is 0 Å². The van der Waals surface area contributed by atoms with Gasteiger partial charge in [-0.2, -0.15) is 0 Å². The van der Waals surface area contributed by atoms with Crippen LogP contribution in [0.3, 0.4) is 0 Å². The summed E-state index contributed by atoms with van der Waals surface area (Å²) in [6.45, 7) is 12.5. The van der Waals surface area contributed by atoms with Gasteiger partial charge in [-0.05, 0) is 37.9 Å². The highest BCUT2D eigenvalue weighted by molar-refractivity contribution is 5.78. The number of piperazine rings is 1. The molecule has 0 spiro atoms. The number of para-hydroxylation sites is 1. The second-order valence-electron chi connectivity index (χ2n) is 6.26. The Morgan fingerprint density at radius 2 is 1.78 bits per heavy atom. The van der Waals surface area contributed by atoms with Crippen molar-refractivity contribution in [3.05, 3.63) is 29.3 Å². The zero-order chi connectivity index (χ0) is 17.1. The lowest BCUT2D eigenvalue weighted by Gasteiger charge is -2.26. The highest BCUT2D eigenvalue weighted by Gasteiger charge is 2.07. The molecule has 0 atom stereocenters. The first kappa shape index (κ1) is 19.7. The Balaban J connectivity index is 0.000000231. The highest BCUT2D eigenvalue weighted by atomic mass is 16.1. The average Bonchev–Trinajstić information content (AvgIpc) is 2.56. The minimum absolute atomic E-state index is 0.829. The lowest BCUT2D eigenvalue weighted by atomic mass is 10.1. The molecule has 1 aromatic carbocycles. The quantitative estimate of drug-likeness (QED) is 0.647. The number of carbonyl (C=O) groups is 1. The molecule has 23 heavy (non-hydrogen) atoms. The Kier molecular flexibility index (Phi) is 9.57. The van der Waals surface area contributed by atoms with Gasteiger partial charge in [0.15, 0.2) is 0 Å². The first-order chi connectivity index (χ1) is 11.1. The SMILES string of the molecule is CCCCCN1CCNCC1.Cc1cccc(C)c1N(C)C=O. The van der Waals surface area contributed by atoms with Crippen LogP contribution in [0.25, 0.3) is 0 Å². The van der Waals surface area contributed by atoms with Gasteiger partial charge in [-0.1, -0.05) is 38.0 Å². The van der Waals surface area contributed by atoms with Gasteiger partial charge in [0, 0.05) is 38.9 Å². The lowest BCUT2D eigenvalue weighted by Crippen LogP contribution is -2.43. The first-order valence-corrected chi connectivity index (χ1v) is 8.77. The van der Waals surface area contributed by atoms with Crippen molar-refractivity contribution in [1.82, 2.24) is 10.2 Å². The van der Waals surface area contributed by atoms with E-state index in [9.17, 15) is 4.79 Å². The zero-order valence-corrected chi connectivity index (χ0v) is 15.3. The van der Waals surface area contributed by atoms with Gasteiger partial charge in [-0.15, -0.1) is 0 Å². The minimum atomic E-state index is 0.829. The third-order valence-corrected chi connectivity index (χ3v) is 4.24. The summed E-state index contributed by atoms with van der Waals surface area (Å²) in [4.78, 5) is 14.7. The molecule has 4 nitrogen and oxygen atoms in total. The van der Waals surface area contributed by atoms with Crippen molar-refractivity contribution in [2.75, 3.05) is 44.7 Å². The molecule has 1 fully saturated rings. The van der Waals surface area contributed by atoms with Gasteiger partial charge in [0.1, 0.15) is 0 Å². The zero-order valence-electron chi connectivity index (χ0n) is 15.3. The number of aryl methyl sites for hydroxylation is 2. The number of benzene rings is 1. The maximum atomic E-state index is 10.5. The van der Waals surface area contributed by atoms with Crippen LogP contribution in [0.1, 0.15) is 37.3 Å². The van der Waals surface area contributed by atoms with Gasteiger partial charge < -0.3 is 15.1 Å². The molecular formula is C19H33N3O. The number of hydrogen-bond acceptors (Lipinski definition) is 3. The Labute approximate surface area is 141 Å². The van der Waals surface area contributed by atoms with E-state index < -0.39 is 0 Å². The van der Waals surface area contributed by atoms with Crippen molar-refractivity contribution in [2.45, 2.75) is 40.0 Å². The van der Waals surface area contributed by atoms with Crippen LogP contribution in [0.15, 0.2) is 18.2 Å². The summed E-state index contributed by atoms with van der Waals surface area (Å²) in [6, 6.07) is 6.00. The fraction of sp³-hybridized carbons (Fsp3) is 0.632. The number of unbranched alkanes of at least 4 members (excludes halogenated alkanes) is 2. The topological polar surface area (TPSA) is 35.6 Å². The van der Waals surface area contributed by atoms with E-state index in [0.29, 0.717) is 0 Å². The molecule has 0 bridgehead atoms. The first-order valence-electron chi connectivity index (χ1n) is 8.77. The van der Waals surface area contributed by atoms with E-state index >= 15 is 0 Å². The number of nitrogens with zero attached hydrogens (tertiary/aromatic N) is 2. The molecule has 1 heterocycles. The van der Waals surface area contributed by atoms with E-state index in [-0.39, 0.29) is 0 Å². The molecule has 1 saturated heterocycles. The minimum Gasteiger partial charge on any atom is -0.318 e. The number of carbonyl (C=O) groups excluding carboxylic acids is 1. The molecule has 1 N–H and O–H groups in total. The summed E-state index contributed by atoms with van der Waals surface area (Å²) in [6.07, 6.45) is 4.95. The number of anilines is 1. The van der Waals surface area contributed by atoms with Crippen molar-refractivity contribution in [3.8, 4) is 0 Å². The summed E-state index contributed by atoms with van der Waals surface area (Å²) < 4.78 is 0.